The molecule has 0 saturated carbocycles. The maximum atomic E-state index is 13.0. The van der Waals surface area contributed by atoms with Crippen molar-refractivity contribution in [1.29, 1.82) is 0 Å². The van der Waals surface area contributed by atoms with Crippen molar-refractivity contribution >= 4 is 11.6 Å². The number of carbonyl (C=O) groups is 2. The van der Waals surface area contributed by atoms with Crippen LogP contribution in [0.1, 0.15) is 38.8 Å². The molecule has 0 heterocycles. The van der Waals surface area contributed by atoms with Gasteiger partial charge in [0.25, 0.3) is 0 Å². The van der Waals surface area contributed by atoms with Gasteiger partial charge in [-0.3, -0.25) is 9.59 Å². The number of methoxy groups -OCH3 is 2. The van der Waals surface area contributed by atoms with E-state index in [9.17, 15) is 9.59 Å². The Morgan fingerprint density at radius 2 is 1.60 bits per heavy atom. The van der Waals surface area contributed by atoms with E-state index in [2.05, 4.69) is 0 Å². The molecule has 0 aromatic heterocycles. The van der Waals surface area contributed by atoms with E-state index >= 15 is 0 Å². The number of fused-ring (bicyclic) bond motifs is 1. The van der Waals surface area contributed by atoms with Crippen molar-refractivity contribution in [3.63, 3.8) is 0 Å². The fourth-order valence-corrected chi connectivity index (χ4v) is 3.14. The van der Waals surface area contributed by atoms with Gasteiger partial charge in [0.2, 0.25) is 0 Å². The summed E-state index contributed by atoms with van der Waals surface area (Å²) < 4.78 is 10.7. The van der Waals surface area contributed by atoms with Crippen LogP contribution in [0.4, 0.5) is 0 Å². The first kappa shape index (κ1) is 17.0. The predicted octanol–water partition coefficient (Wildman–Crippen LogP) is 3.95. The molecule has 2 aromatic rings. The second kappa shape index (κ2) is 6.55. The van der Waals surface area contributed by atoms with Crippen molar-refractivity contribution in [2.24, 2.45) is 0 Å². The van der Waals surface area contributed by atoms with Crippen molar-refractivity contribution in [2.45, 2.75) is 20.3 Å². The molecule has 4 heteroatoms. The van der Waals surface area contributed by atoms with Crippen LogP contribution in [0.2, 0.25) is 0 Å². The number of hydrogen-bond donors (Lipinski definition) is 0. The first-order valence-electron chi connectivity index (χ1n) is 8.07. The highest BCUT2D eigenvalue weighted by Crippen LogP contribution is 2.32. The topological polar surface area (TPSA) is 52.6 Å². The van der Waals surface area contributed by atoms with Crippen molar-refractivity contribution in [3.05, 3.63) is 69.8 Å². The van der Waals surface area contributed by atoms with Gasteiger partial charge in [-0.25, -0.2) is 0 Å². The standard InChI is InChI=1S/C21H20O4/c1-12-5-7-16-18(9-12)20(22)13(2)17(21(16)23)11-14-10-15(24-3)6-8-19(14)25-4/h5-10H,11H2,1-4H3. The predicted molar refractivity (Wildman–Crippen MR) is 95.8 cm³/mol. The van der Waals surface area contributed by atoms with Crippen LogP contribution in [0.15, 0.2) is 47.5 Å². The van der Waals surface area contributed by atoms with Gasteiger partial charge in [0.15, 0.2) is 11.6 Å². The number of hydrogen-bond acceptors (Lipinski definition) is 4. The summed E-state index contributed by atoms with van der Waals surface area (Å²) in [5.41, 5.74) is 3.74. The summed E-state index contributed by atoms with van der Waals surface area (Å²) in [6.45, 7) is 3.63. The number of carbonyl (C=O) groups excluding carboxylic acids is 2. The van der Waals surface area contributed by atoms with E-state index in [1.807, 2.05) is 19.1 Å². The summed E-state index contributed by atoms with van der Waals surface area (Å²) in [4.78, 5) is 25.7. The summed E-state index contributed by atoms with van der Waals surface area (Å²) in [6.07, 6.45) is 0.324. The van der Waals surface area contributed by atoms with Crippen molar-refractivity contribution < 1.29 is 19.1 Å². The van der Waals surface area contributed by atoms with Gasteiger partial charge in [-0.05, 0) is 38.1 Å². The fraction of sp³-hybridized carbons (Fsp3) is 0.238. The van der Waals surface area contributed by atoms with E-state index in [0.717, 1.165) is 11.1 Å². The molecule has 1 aliphatic carbocycles. The van der Waals surface area contributed by atoms with Crippen LogP contribution in [-0.4, -0.2) is 25.8 Å². The zero-order valence-electron chi connectivity index (χ0n) is 14.8. The minimum atomic E-state index is -0.100. The Balaban J connectivity index is 2.07. The number of rotatable bonds is 4. The van der Waals surface area contributed by atoms with Gasteiger partial charge in [-0.15, -0.1) is 0 Å². The van der Waals surface area contributed by atoms with Crippen molar-refractivity contribution in [1.82, 2.24) is 0 Å². The molecular weight excluding hydrogens is 316 g/mol. The highest BCUT2D eigenvalue weighted by molar-refractivity contribution is 6.26. The monoisotopic (exact) mass is 336 g/mol. The Kier molecular flexibility index (Phi) is 4.45. The van der Waals surface area contributed by atoms with E-state index in [0.29, 0.717) is 40.2 Å². The molecule has 0 atom stereocenters. The molecule has 1 aliphatic rings. The fourth-order valence-electron chi connectivity index (χ4n) is 3.14. The molecule has 0 bridgehead atoms. The minimum absolute atomic E-state index is 0.0878. The van der Waals surface area contributed by atoms with Gasteiger partial charge < -0.3 is 9.47 Å². The second-order valence-corrected chi connectivity index (χ2v) is 6.17. The molecule has 4 nitrogen and oxygen atoms in total. The summed E-state index contributed by atoms with van der Waals surface area (Å²) in [5, 5.41) is 0. The summed E-state index contributed by atoms with van der Waals surface area (Å²) in [7, 11) is 3.17. The lowest BCUT2D eigenvalue weighted by Gasteiger charge is -2.20. The zero-order chi connectivity index (χ0) is 18.1. The van der Waals surface area contributed by atoms with Gasteiger partial charge in [-0.2, -0.15) is 0 Å². The van der Waals surface area contributed by atoms with Crippen molar-refractivity contribution in [2.75, 3.05) is 14.2 Å². The molecule has 0 saturated heterocycles. The van der Waals surface area contributed by atoms with Crippen LogP contribution in [-0.2, 0) is 6.42 Å². The SMILES string of the molecule is COc1ccc(OC)c(CC2=C(C)C(=O)c3cc(C)ccc3C2=O)c1. The first-order valence-corrected chi connectivity index (χ1v) is 8.07. The molecule has 0 unspecified atom stereocenters. The summed E-state index contributed by atoms with van der Waals surface area (Å²) in [5.74, 6) is 1.16. The first-order chi connectivity index (χ1) is 12.0. The Morgan fingerprint density at radius 3 is 2.28 bits per heavy atom. The molecule has 2 aromatic carbocycles. The molecule has 0 N–H and O–H groups in total. The van der Waals surface area contributed by atoms with Crippen LogP contribution in [0, 0.1) is 6.92 Å². The lowest BCUT2D eigenvalue weighted by atomic mass is 9.81. The molecule has 25 heavy (non-hydrogen) atoms. The third-order valence-electron chi connectivity index (χ3n) is 4.59. The maximum Gasteiger partial charge on any atom is 0.190 e. The summed E-state index contributed by atoms with van der Waals surface area (Å²) >= 11 is 0. The second-order valence-electron chi connectivity index (χ2n) is 6.17. The van der Waals surface area contributed by atoms with Gasteiger partial charge in [0.05, 0.1) is 14.2 Å². The van der Waals surface area contributed by atoms with E-state index in [1.165, 1.54) is 0 Å². The molecule has 0 amide bonds. The van der Waals surface area contributed by atoms with E-state index < -0.39 is 0 Å². The number of ketones is 2. The van der Waals surface area contributed by atoms with Gasteiger partial charge in [-0.1, -0.05) is 17.7 Å². The smallest absolute Gasteiger partial charge is 0.190 e. The zero-order valence-corrected chi connectivity index (χ0v) is 14.8. The lowest BCUT2D eigenvalue weighted by Crippen LogP contribution is -2.22. The molecule has 3 rings (SSSR count). The van der Waals surface area contributed by atoms with Crippen LogP contribution in [0.25, 0.3) is 0 Å². The van der Waals surface area contributed by atoms with E-state index in [-0.39, 0.29) is 11.6 Å². The number of benzene rings is 2. The Morgan fingerprint density at radius 1 is 0.840 bits per heavy atom. The minimum Gasteiger partial charge on any atom is -0.497 e. The van der Waals surface area contributed by atoms with E-state index in [1.54, 1.807) is 45.4 Å². The van der Waals surface area contributed by atoms with Gasteiger partial charge in [0, 0.05) is 34.3 Å². The average molecular weight is 336 g/mol. The van der Waals surface area contributed by atoms with E-state index in [4.69, 9.17) is 9.47 Å². The molecule has 0 aliphatic heterocycles. The Labute approximate surface area is 147 Å². The highest BCUT2D eigenvalue weighted by atomic mass is 16.5. The highest BCUT2D eigenvalue weighted by Gasteiger charge is 2.30. The van der Waals surface area contributed by atoms with Crippen LogP contribution >= 0.6 is 0 Å². The number of allylic oxidation sites excluding steroid dienone is 2. The average Bonchev–Trinajstić information content (AvgIpc) is 2.63. The molecular formula is C21H20O4. The van der Waals surface area contributed by atoms with Crippen LogP contribution in [0.5, 0.6) is 11.5 Å². The largest absolute Gasteiger partial charge is 0.497 e. The molecule has 128 valence electrons. The van der Waals surface area contributed by atoms with Crippen LogP contribution in [0.3, 0.4) is 0 Å². The van der Waals surface area contributed by atoms with Gasteiger partial charge in [0.1, 0.15) is 11.5 Å². The quantitative estimate of drug-likeness (QED) is 0.848. The van der Waals surface area contributed by atoms with Crippen LogP contribution < -0.4 is 9.47 Å². The number of aryl methyl sites for hydroxylation is 1. The Bertz CT molecular complexity index is 906. The number of ether oxygens (including phenoxy) is 2. The molecule has 0 radical (unpaired) electrons. The molecule has 0 spiro atoms. The normalized spacial score (nSPS) is 13.8. The maximum absolute atomic E-state index is 13.0. The number of Topliss-reactive ketones (excluding diaryl/α,β-unsaturated/α-hetero) is 2. The molecule has 0 fully saturated rings. The third-order valence-corrected chi connectivity index (χ3v) is 4.59. The lowest BCUT2D eigenvalue weighted by molar-refractivity contribution is 0.0973. The third kappa shape index (κ3) is 2.95. The van der Waals surface area contributed by atoms with Gasteiger partial charge >= 0.3 is 0 Å². The summed E-state index contributed by atoms with van der Waals surface area (Å²) in [6, 6.07) is 10.8. The Hall–Kier alpha value is -2.88. The van der Waals surface area contributed by atoms with Crippen molar-refractivity contribution in [3.8, 4) is 11.5 Å².